The molecule has 4 aromatic rings. The maximum absolute atomic E-state index is 14.1. The largest absolute Gasteiger partial charge is 0.493 e. The lowest BCUT2D eigenvalue weighted by atomic mass is 9.72. The van der Waals surface area contributed by atoms with E-state index in [1.54, 1.807) is 67.1 Å². The van der Waals surface area contributed by atoms with Crippen LogP contribution in [0.4, 0.5) is 15.1 Å². The molecule has 0 fully saturated rings. The van der Waals surface area contributed by atoms with E-state index in [1.807, 2.05) is 12.1 Å². The summed E-state index contributed by atoms with van der Waals surface area (Å²) >= 11 is 11.2. The van der Waals surface area contributed by atoms with Crippen LogP contribution in [0, 0.1) is 17.2 Å². The number of carbonyl (C=O) groups excluding carboxylic acids is 1. The third kappa shape index (κ3) is 7.31. The van der Waals surface area contributed by atoms with Gasteiger partial charge in [0.2, 0.25) is 0 Å². The molecule has 1 aromatic heterocycles. The van der Waals surface area contributed by atoms with Crippen molar-refractivity contribution in [3.63, 3.8) is 0 Å². The number of nitrogens with zero attached hydrogens (tertiary/aromatic N) is 1. The number of methoxy groups -OCH3 is 1. The van der Waals surface area contributed by atoms with Crippen LogP contribution < -0.4 is 14.8 Å². The highest BCUT2D eigenvalue weighted by Crippen LogP contribution is 2.45. The molecule has 1 amide bonds. The van der Waals surface area contributed by atoms with Crippen molar-refractivity contribution in [2.45, 2.75) is 46.6 Å². The molecule has 1 atom stereocenters. The topological polar surface area (TPSA) is 59.9 Å². The van der Waals surface area contributed by atoms with Crippen molar-refractivity contribution in [3.05, 3.63) is 103 Å². The second-order valence-electron chi connectivity index (χ2n) is 11.6. The van der Waals surface area contributed by atoms with Crippen molar-refractivity contribution in [2.75, 3.05) is 12.4 Å². The number of thiophene rings is 1. The highest BCUT2D eigenvalue weighted by molar-refractivity contribution is 9.10. The maximum atomic E-state index is 14.1. The van der Waals surface area contributed by atoms with Gasteiger partial charge >= 0.3 is 0 Å². The summed E-state index contributed by atoms with van der Waals surface area (Å²) in [5, 5.41) is 4.31. The minimum absolute atomic E-state index is 0.0530. The molecule has 5 nitrogen and oxygen atoms in total. The molecule has 0 saturated heterocycles. The van der Waals surface area contributed by atoms with E-state index in [2.05, 4.69) is 42.0 Å². The standard InChI is InChI=1S/C34H33BrClFN2O3S/c1-34(2,3)22-9-14-25-29(17-22)43-33(30(25)32(40)39-24-12-10-23(36)11-13-24)38-18-20-15-26(35)31(28(16-20)41-4)42-19-21-7-5-6-8-27(21)37/h5-8,10-13,15-16,18,22H,9,14,17,19H2,1-4H3,(H,39,40)/t22-/m0/s1. The number of hydrogen-bond donors (Lipinski definition) is 1. The van der Waals surface area contributed by atoms with E-state index in [9.17, 15) is 9.18 Å². The van der Waals surface area contributed by atoms with Gasteiger partial charge in [-0.25, -0.2) is 9.38 Å². The number of rotatable bonds is 8. The summed E-state index contributed by atoms with van der Waals surface area (Å²) in [5.74, 6) is 0.957. The third-order valence-corrected chi connectivity index (χ3v) is 9.72. The summed E-state index contributed by atoms with van der Waals surface area (Å²) in [4.78, 5) is 19.7. The Morgan fingerprint density at radius 2 is 1.93 bits per heavy atom. The molecule has 224 valence electrons. The smallest absolute Gasteiger partial charge is 0.259 e. The Morgan fingerprint density at radius 3 is 2.63 bits per heavy atom. The Balaban J connectivity index is 1.45. The van der Waals surface area contributed by atoms with Crippen LogP contribution in [-0.4, -0.2) is 19.2 Å². The van der Waals surface area contributed by atoms with Gasteiger partial charge in [-0.2, -0.15) is 0 Å². The molecule has 1 N–H and O–H groups in total. The minimum Gasteiger partial charge on any atom is -0.493 e. The van der Waals surface area contributed by atoms with E-state index >= 15 is 0 Å². The van der Waals surface area contributed by atoms with Gasteiger partial charge in [-0.05, 0) is 100 Å². The first-order valence-electron chi connectivity index (χ1n) is 14.0. The Kier molecular flexibility index (Phi) is 9.59. The van der Waals surface area contributed by atoms with Gasteiger partial charge in [0.25, 0.3) is 5.91 Å². The number of hydrogen-bond acceptors (Lipinski definition) is 5. The number of halogens is 3. The number of benzene rings is 3. The lowest BCUT2D eigenvalue weighted by Gasteiger charge is -2.33. The highest BCUT2D eigenvalue weighted by atomic mass is 79.9. The van der Waals surface area contributed by atoms with Gasteiger partial charge in [0.15, 0.2) is 11.5 Å². The molecular formula is C34H33BrClFN2O3S. The normalized spacial score (nSPS) is 14.9. The van der Waals surface area contributed by atoms with E-state index in [0.29, 0.717) is 48.7 Å². The first-order chi connectivity index (χ1) is 20.5. The lowest BCUT2D eigenvalue weighted by molar-refractivity contribution is 0.102. The average molecular weight is 684 g/mol. The molecule has 0 bridgehead atoms. The van der Waals surface area contributed by atoms with Crippen molar-refractivity contribution < 1.29 is 18.7 Å². The molecule has 3 aromatic carbocycles. The number of aliphatic imine (C=N–C) groups is 1. The van der Waals surface area contributed by atoms with E-state index in [0.717, 1.165) is 30.4 Å². The first-order valence-corrected chi connectivity index (χ1v) is 16.0. The summed E-state index contributed by atoms with van der Waals surface area (Å²) in [5.41, 5.74) is 3.75. The molecule has 1 aliphatic rings. The van der Waals surface area contributed by atoms with Crippen molar-refractivity contribution in [1.29, 1.82) is 0 Å². The van der Waals surface area contributed by atoms with E-state index in [4.69, 9.17) is 26.1 Å². The minimum atomic E-state index is -0.329. The third-order valence-electron chi connectivity index (χ3n) is 7.71. The lowest BCUT2D eigenvalue weighted by Crippen LogP contribution is -2.27. The Labute approximate surface area is 269 Å². The molecular weight excluding hydrogens is 651 g/mol. The predicted molar refractivity (Wildman–Crippen MR) is 177 cm³/mol. The van der Waals surface area contributed by atoms with Crippen molar-refractivity contribution in [3.8, 4) is 11.5 Å². The van der Waals surface area contributed by atoms with Crippen LogP contribution in [0.15, 0.2) is 70.1 Å². The fraction of sp³-hybridized carbons (Fsp3) is 0.294. The van der Waals surface area contributed by atoms with Crippen LogP contribution in [0.25, 0.3) is 0 Å². The number of nitrogens with one attached hydrogen (secondary N) is 1. The molecule has 0 unspecified atom stereocenters. The van der Waals surface area contributed by atoms with Gasteiger partial charge in [-0.1, -0.05) is 50.6 Å². The highest BCUT2D eigenvalue weighted by Gasteiger charge is 2.33. The van der Waals surface area contributed by atoms with Crippen molar-refractivity contribution >= 4 is 61.7 Å². The second-order valence-corrected chi connectivity index (χ2v) is 14.0. The zero-order chi connectivity index (χ0) is 30.7. The fourth-order valence-electron chi connectivity index (χ4n) is 5.22. The molecule has 0 saturated carbocycles. The fourth-order valence-corrected chi connectivity index (χ4v) is 7.18. The monoisotopic (exact) mass is 682 g/mol. The summed E-state index contributed by atoms with van der Waals surface area (Å²) in [6, 6.07) is 17.2. The number of fused-ring (bicyclic) bond motifs is 1. The second kappa shape index (κ2) is 13.2. The molecule has 1 heterocycles. The first kappa shape index (κ1) is 31.2. The molecule has 43 heavy (non-hydrogen) atoms. The SMILES string of the molecule is COc1cc(C=Nc2sc3c(c2C(=O)Nc2ccc(Cl)cc2)CC[C@H](C(C)(C)C)C3)cc(Br)c1OCc1ccccc1F. The number of carbonyl (C=O) groups is 1. The zero-order valence-corrected chi connectivity index (χ0v) is 27.6. The summed E-state index contributed by atoms with van der Waals surface area (Å²) in [7, 11) is 1.55. The number of amides is 1. The zero-order valence-electron chi connectivity index (χ0n) is 24.5. The van der Waals surface area contributed by atoms with Crippen LogP contribution in [0.2, 0.25) is 5.02 Å². The van der Waals surface area contributed by atoms with Gasteiger partial charge in [-0.3, -0.25) is 4.79 Å². The van der Waals surface area contributed by atoms with Gasteiger partial charge < -0.3 is 14.8 Å². The predicted octanol–water partition coefficient (Wildman–Crippen LogP) is 10.0. The maximum Gasteiger partial charge on any atom is 0.259 e. The van der Waals surface area contributed by atoms with E-state index < -0.39 is 0 Å². The number of ether oxygens (including phenoxy) is 2. The molecule has 9 heteroatoms. The average Bonchev–Trinajstić information content (AvgIpc) is 3.34. The molecule has 0 spiro atoms. The van der Waals surface area contributed by atoms with E-state index in [1.165, 1.54) is 10.9 Å². The van der Waals surface area contributed by atoms with Crippen LogP contribution >= 0.6 is 38.9 Å². The summed E-state index contributed by atoms with van der Waals surface area (Å²) in [6.07, 6.45) is 4.51. The van der Waals surface area contributed by atoms with Gasteiger partial charge in [0.05, 0.1) is 17.1 Å². The van der Waals surface area contributed by atoms with Crippen LogP contribution in [0.1, 0.15) is 59.1 Å². The van der Waals surface area contributed by atoms with Crippen LogP contribution in [0.3, 0.4) is 0 Å². The Hall–Kier alpha value is -3.20. The van der Waals surface area contributed by atoms with Gasteiger partial charge in [0, 0.05) is 27.4 Å². The molecule has 5 rings (SSSR count). The van der Waals surface area contributed by atoms with Crippen molar-refractivity contribution in [1.82, 2.24) is 0 Å². The number of anilines is 1. The quantitative estimate of drug-likeness (QED) is 0.188. The molecule has 1 aliphatic carbocycles. The van der Waals surface area contributed by atoms with Crippen molar-refractivity contribution in [2.24, 2.45) is 16.3 Å². The van der Waals surface area contributed by atoms with Crippen LogP contribution in [-0.2, 0) is 19.4 Å². The summed E-state index contributed by atoms with van der Waals surface area (Å²) in [6.45, 7) is 6.88. The molecule has 0 aliphatic heterocycles. The summed E-state index contributed by atoms with van der Waals surface area (Å²) < 4.78 is 26.3. The van der Waals surface area contributed by atoms with Gasteiger partial charge in [-0.15, -0.1) is 11.3 Å². The van der Waals surface area contributed by atoms with Gasteiger partial charge in [0.1, 0.15) is 17.4 Å². The molecule has 0 radical (unpaired) electrons. The Morgan fingerprint density at radius 1 is 1.19 bits per heavy atom. The van der Waals surface area contributed by atoms with Crippen LogP contribution in [0.5, 0.6) is 11.5 Å². The van der Waals surface area contributed by atoms with E-state index in [-0.39, 0.29) is 23.7 Å². The Bertz CT molecular complexity index is 1660.